The van der Waals surface area contributed by atoms with Crippen molar-refractivity contribution >= 4 is 23.2 Å². The first kappa shape index (κ1) is 25.2. The molecule has 0 saturated carbocycles. The van der Waals surface area contributed by atoms with E-state index in [4.69, 9.17) is 4.74 Å². The minimum atomic E-state index is -0.856. The first-order valence-electron chi connectivity index (χ1n) is 11.1. The van der Waals surface area contributed by atoms with Gasteiger partial charge in [0.15, 0.2) is 0 Å². The Kier molecular flexibility index (Phi) is 8.77. The van der Waals surface area contributed by atoms with Crippen LogP contribution in [0, 0.1) is 17.0 Å². The zero-order valence-corrected chi connectivity index (χ0v) is 19.6. The van der Waals surface area contributed by atoms with E-state index in [-0.39, 0.29) is 23.9 Å². The Bertz CT molecular complexity index is 1160. The second-order valence-corrected chi connectivity index (χ2v) is 7.97. The Morgan fingerprint density at radius 1 is 1.00 bits per heavy atom. The molecule has 0 spiro atoms. The predicted molar refractivity (Wildman–Crippen MR) is 134 cm³/mol. The number of nitrogens with one attached hydrogen (secondary N) is 3. The fourth-order valence-electron chi connectivity index (χ4n) is 3.45. The zero-order valence-electron chi connectivity index (χ0n) is 19.6. The predicted octanol–water partition coefficient (Wildman–Crippen LogP) is 3.48. The molecule has 3 aromatic carbocycles. The van der Waals surface area contributed by atoms with Gasteiger partial charge in [-0.15, -0.1) is 0 Å². The third-order valence-electron chi connectivity index (χ3n) is 5.33. The summed E-state index contributed by atoms with van der Waals surface area (Å²) in [6.07, 6.45) is 0.188. The van der Waals surface area contributed by atoms with Gasteiger partial charge in [0.2, 0.25) is 5.91 Å². The fraction of sp³-hybridized carbons (Fsp3) is 0.231. The van der Waals surface area contributed by atoms with Gasteiger partial charge in [0.05, 0.1) is 12.0 Å². The average Bonchev–Trinajstić information content (AvgIpc) is 2.86. The van der Waals surface area contributed by atoms with E-state index in [1.807, 2.05) is 37.3 Å². The number of aryl methyl sites for hydroxylation is 1. The van der Waals surface area contributed by atoms with Crippen LogP contribution in [0.1, 0.15) is 21.5 Å². The van der Waals surface area contributed by atoms with Gasteiger partial charge in [-0.3, -0.25) is 19.7 Å². The molecular weight excluding hydrogens is 448 g/mol. The van der Waals surface area contributed by atoms with Crippen molar-refractivity contribution in [2.45, 2.75) is 19.4 Å². The lowest BCUT2D eigenvalue weighted by Crippen LogP contribution is -2.48. The molecular formula is C26H28N4O5. The van der Waals surface area contributed by atoms with Crippen LogP contribution in [0.4, 0.5) is 11.4 Å². The van der Waals surface area contributed by atoms with Gasteiger partial charge >= 0.3 is 0 Å². The lowest BCUT2D eigenvalue weighted by Gasteiger charge is -2.19. The van der Waals surface area contributed by atoms with Crippen LogP contribution >= 0.6 is 0 Å². The molecule has 0 aromatic heterocycles. The van der Waals surface area contributed by atoms with Crippen molar-refractivity contribution in [1.29, 1.82) is 0 Å². The molecule has 9 nitrogen and oxygen atoms in total. The highest BCUT2D eigenvalue weighted by molar-refractivity contribution is 5.97. The summed E-state index contributed by atoms with van der Waals surface area (Å²) in [5.41, 5.74) is 2.92. The number of nitrogens with zero attached hydrogens (tertiary/aromatic N) is 1. The van der Waals surface area contributed by atoms with Crippen LogP contribution in [0.3, 0.4) is 0 Å². The van der Waals surface area contributed by atoms with E-state index in [1.54, 1.807) is 37.4 Å². The smallest absolute Gasteiger partial charge is 0.269 e. The first-order chi connectivity index (χ1) is 16.9. The maximum Gasteiger partial charge on any atom is 0.269 e. The molecule has 3 aromatic rings. The Balaban J connectivity index is 1.63. The maximum absolute atomic E-state index is 13.0. The summed E-state index contributed by atoms with van der Waals surface area (Å²) >= 11 is 0. The third kappa shape index (κ3) is 7.56. The average molecular weight is 477 g/mol. The summed E-state index contributed by atoms with van der Waals surface area (Å²) in [6, 6.07) is 19.6. The van der Waals surface area contributed by atoms with Gasteiger partial charge < -0.3 is 20.7 Å². The highest BCUT2D eigenvalue weighted by Gasteiger charge is 2.22. The van der Waals surface area contributed by atoms with Crippen molar-refractivity contribution < 1.29 is 19.2 Å². The molecule has 182 valence electrons. The molecule has 3 N–H and O–H groups in total. The number of ether oxygens (including phenoxy) is 1. The van der Waals surface area contributed by atoms with Crippen LogP contribution in [0.25, 0.3) is 0 Å². The molecule has 0 bridgehead atoms. The molecule has 3 rings (SSSR count). The van der Waals surface area contributed by atoms with Crippen molar-refractivity contribution in [1.82, 2.24) is 10.6 Å². The summed E-state index contributed by atoms with van der Waals surface area (Å²) in [7, 11) is 1.60. The number of benzene rings is 3. The number of amides is 2. The summed E-state index contributed by atoms with van der Waals surface area (Å²) < 4.78 is 5.14. The lowest BCUT2D eigenvalue weighted by molar-refractivity contribution is -0.384. The quantitative estimate of drug-likeness (QED) is 0.221. The van der Waals surface area contributed by atoms with Crippen LogP contribution in [0.15, 0.2) is 72.8 Å². The maximum atomic E-state index is 13.0. The van der Waals surface area contributed by atoms with E-state index < -0.39 is 11.0 Å². The van der Waals surface area contributed by atoms with Crippen LogP contribution in [0.2, 0.25) is 0 Å². The number of nitro groups is 1. The largest absolute Gasteiger partial charge is 0.497 e. The van der Waals surface area contributed by atoms with Gasteiger partial charge in [-0.2, -0.15) is 0 Å². The number of non-ortho nitro benzene ring substituents is 1. The Morgan fingerprint density at radius 3 is 2.34 bits per heavy atom. The molecule has 0 fully saturated rings. The summed E-state index contributed by atoms with van der Waals surface area (Å²) in [4.78, 5) is 36.2. The van der Waals surface area contributed by atoms with Crippen molar-refractivity contribution in [3.8, 4) is 5.75 Å². The Morgan fingerprint density at radius 2 is 1.71 bits per heavy atom. The summed E-state index contributed by atoms with van der Waals surface area (Å²) in [5.74, 6) is 0.0373. The standard InChI is InChI=1S/C26H28N4O5/c1-18-4-3-5-20(16-18)25(31)29-24(17-19-6-10-22(11-7-19)30(33)34)26(32)28-15-14-27-21-8-12-23(35-2)13-9-21/h3-13,16,24,27H,14-15,17H2,1-2H3,(H,28,32)(H,29,31). The van der Waals surface area contributed by atoms with Crippen molar-refractivity contribution in [3.63, 3.8) is 0 Å². The van der Waals surface area contributed by atoms with Gasteiger partial charge in [-0.25, -0.2) is 0 Å². The van der Waals surface area contributed by atoms with Crippen molar-refractivity contribution in [3.05, 3.63) is 99.6 Å². The van der Waals surface area contributed by atoms with Crippen molar-refractivity contribution in [2.75, 3.05) is 25.5 Å². The number of nitro benzene ring substituents is 1. The van der Waals surface area contributed by atoms with Crippen LogP contribution in [-0.2, 0) is 11.2 Å². The zero-order chi connectivity index (χ0) is 25.2. The number of anilines is 1. The molecule has 0 saturated heterocycles. The van der Waals surface area contributed by atoms with Gasteiger partial charge in [0.1, 0.15) is 11.8 Å². The topological polar surface area (TPSA) is 123 Å². The number of carbonyl (C=O) groups is 2. The normalized spacial score (nSPS) is 11.3. The number of methoxy groups -OCH3 is 1. The van der Waals surface area contributed by atoms with E-state index in [2.05, 4.69) is 16.0 Å². The number of rotatable bonds is 11. The van der Waals surface area contributed by atoms with E-state index in [9.17, 15) is 19.7 Å². The van der Waals surface area contributed by atoms with E-state index >= 15 is 0 Å². The van der Waals surface area contributed by atoms with Crippen LogP contribution < -0.4 is 20.7 Å². The molecule has 35 heavy (non-hydrogen) atoms. The molecule has 2 amide bonds. The monoisotopic (exact) mass is 476 g/mol. The number of hydrogen-bond donors (Lipinski definition) is 3. The van der Waals surface area contributed by atoms with Crippen LogP contribution in [0.5, 0.6) is 5.75 Å². The number of carbonyl (C=O) groups excluding carboxylic acids is 2. The molecule has 0 radical (unpaired) electrons. The number of hydrogen-bond acceptors (Lipinski definition) is 6. The molecule has 0 aliphatic carbocycles. The second-order valence-electron chi connectivity index (χ2n) is 7.97. The highest BCUT2D eigenvalue weighted by atomic mass is 16.6. The minimum absolute atomic E-state index is 0.0387. The van der Waals surface area contributed by atoms with E-state index in [0.29, 0.717) is 24.2 Å². The van der Waals surface area contributed by atoms with Crippen LogP contribution in [-0.4, -0.2) is 43.0 Å². The van der Waals surface area contributed by atoms with Crippen molar-refractivity contribution in [2.24, 2.45) is 0 Å². The molecule has 1 unspecified atom stereocenters. The Hall–Kier alpha value is -4.40. The minimum Gasteiger partial charge on any atom is -0.497 e. The van der Waals surface area contributed by atoms with E-state index in [1.165, 1.54) is 12.1 Å². The summed E-state index contributed by atoms with van der Waals surface area (Å²) in [5, 5.41) is 19.8. The Labute approximate surface area is 203 Å². The molecule has 9 heteroatoms. The van der Waals surface area contributed by atoms with Gasteiger partial charge in [-0.05, 0) is 48.9 Å². The van der Waals surface area contributed by atoms with E-state index in [0.717, 1.165) is 17.0 Å². The first-order valence-corrected chi connectivity index (χ1v) is 11.1. The SMILES string of the molecule is COc1ccc(NCCNC(=O)C(Cc2ccc([N+](=O)[O-])cc2)NC(=O)c2cccc(C)c2)cc1. The molecule has 0 aliphatic rings. The lowest BCUT2D eigenvalue weighted by atomic mass is 10.0. The molecule has 0 heterocycles. The fourth-order valence-corrected chi connectivity index (χ4v) is 3.45. The highest BCUT2D eigenvalue weighted by Crippen LogP contribution is 2.15. The molecule has 0 aliphatic heterocycles. The second kappa shape index (κ2) is 12.2. The third-order valence-corrected chi connectivity index (χ3v) is 5.33. The van der Waals surface area contributed by atoms with Gasteiger partial charge in [0.25, 0.3) is 11.6 Å². The summed E-state index contributed by atoms with van der Waals surface area (Å²) in [6.45, 7) is 2.70. The van der Waals surface area contributed by atoms with Gasteiger partial charge in [-0.1, -0.05) is 29.8 Å². The molecule has 1 atom stereocenters. The van der Waals surface area contributed by atoms with Gasteiger partial charge in [0, 0.05) is 42.9 Å².